The summed E-state index contributed by atoms with van der Waals surface area (Å²) in [5, 5.41) is 0.246. The summed E-state index contributed by atoms with van der Waals surface area (Å²) < 4.78 is 10.8. The fourth-order valence-electron chi connectivity index (χ4n) is 3.44. The summed E-state index contributed by atoms with van der Waals surface area (Å²) in [5.74, 6) is -0.786. The fourth-order valence-corrected chi connectivity index (χ4v) is 4.66. The molecule has 1 heterocycles. The average Bonchev–Trinajstić information content (AvgIpc) is 3.08. The summed E-state index contributed by atoms with van der Waals surface area (Å²) in [6, 6.07) is 17.0. The van der Waals surface area contributed by atoms with Crippen LogP contribution in [0.1, 0.15) is 27.0 Å². The number of hydrogen-bond donors (Lipinski definition) is 0. The highest BCUT2D eigenvalue weighted by atomic mass is 35.5. The van der Waals surface area contributed by atoms with E-state index in [1.807, 2.05) is 31.2 Å². The summed E-state index contributed by atoms with van der Waals surface area (Å²) in [5.41, 5.74) is 2.71. The number of nitrogens with zero attached hydrogens (tertiary/aromatic N) is 1. The van der Waals surface area contributed by atoms with Crippen LogP contribution in [0, 0.1) is 6.92 Å². The number of halogens is 2. The van der Waals surface area contributed by atoms with Gasteiger partial charge < -0.3 is 9.47 Å². The highest BCUT2D eigenvalue weighted by Gasteiger charge is 2.35. The number of hydrogen-bond acceptors (Lipinski definition) is 6. The number of carbonyl (C=O) groups is 3. The summed E-state index contributed by atoms with van der Waals surface area (Å²) in [4.78, 5) is 39.4. The number of rotatable bonds is 6. The molecular weight excluding hydrogens is 509 g/mol. The minimum atomic E-state index is -0.633. The van der Waals surface area contributed by atoms with Gasteiger partial charge in [0, 0.05) is 5.02 Å². The Labute approximate surface area is 216 Å². The summed E-state index contributed by atoms with van der Waals surface area (Å²) in [6.07, 6.45) is 1.56. The molecule has 0 spiro atoms. The van der Waals surface area contributed by atoms with E-state index in [9.17, 15) is 14.4 Å². The van der Waals surface area contributed by atoms with Crippen molar-refractivity contribution in [2.75, 3.05) is 7.11 Å². The van der Waals surface area contributed by atoms with E-state index in [1.54, 1.807) is 24.3 Å². The van der Waals surface area contributed by atoms with Crippen LogP contribution in [0.5, 0.6) is 11.5 Å². The van der Waals surface area contributed by atoms with E-state index in [2.05, 4.69) is 0 Å². The van der Waals surface area contributed by atoms with E-state index in [0.29, 0.717) is 16.1 Å². The number of imide groups is 1. The Balaban J connectivity index is 1.56. The molecule has 2 amide bonds. The molecule has 3 aromatic rings. The molecule has 35 heavy (non-hydrogen) atoms. The van der Waals surface area contributed by atoms with Gasteiger partial charge in [0.15, 0.2) is 11.5 Å². The van der Waals surface area contributed by atoms with Gasteiger partial charge in [-0.05, 0) is 72.3 Å². The minimum Gasteiger partial charge on any atom is -0.493 e. The third-order valence-electron chi connectivity index (χ3n) is 5.12. The number of thioether (sulfide) groups is 1. The highest BCUT2D eigenvalue weighted by Crippen LogP contribution is 2.39. The number of methoxy groups -OCH3 is 1. The first kappa shape index (κ1) is 24.9. The Morgan fingerprint density at radius 3 is 2.49 bits per heavy atom. The normalized spacial score (nSPS) is 14.5. The molecule has 0 aromatic heterocycles. The Kier molecular flexibility index (Phi) is 7.50. The average molecular weight is 528 g/mol. The van der Waals surface area contributed by atoms with Gasteiger partial charge in [0.1, 0.15) is 0 Å². The third kappa shape index (κ3) is 5.70. The molecule has 0 bridgehead atoms. The zero-order valence-electron chi connectivity index (χ0n) is 18.7. The topological polar surface area (TPSA) is 72.9 Å². The second-order valence-electron chi connectivity index (χ2n) is 7.69. The lowest BCUT2D eigenvalue weighted by Crippen LogP contribution is -2.27. The lowest BCUT2D eigenvalue weighted by atomic mass is 10.1. The van der Waals surface area contributed by atoms with E-state index < -0.39 is 11.9 Å². The molecule has 0 aliphatic carbocycles. The number of carbonyl (C=O) groups excluding carboxylic acids is 3. The molecule has 9 heteroatoms. The number of ether oxygens (including phenoxy) is 2. The molecule has 0 unspecified atom stereocenters. The number of benzene rings is 3. The van der Waals surface area contributed by atoms with Gasteiger partial charge in [-0.2, -0.15) is 0 Å². The molecule has 0 atom stereocenters. The van der Waals surface area contributed by atoms with Crippen LogP contribution in [0.2, 0.25) is 10.0 Å². The van der Waals surface area contributed by atoms with Crippen molar-refractivity contribution in [1.29, 1.82) is 0 Å². The van der Waals surface area contributed by atoms with Gasteiger partial charge in [-0.3, -0.25) is 14.5 Å². The van der Waals surface area contributed by atoms with Crippen molar-refractivity contribution in [2.45, 2.75) is 13.5 Å². The quantitative estimate of drug-likeness (QED) is 0.200. The Morgan fingerprint density at radius 2 is 1.80 bits per heavy atom. The van der Waals surface area contributed by atoms with E-state index in [4.69, 9.17) is 32.7 Å². The molecule has 4 rings (SSSR count). The van der Waals surface area contributed by atoms with Crippen molar-refractivity contribution in [2.24, 2.45) is 0 Å². The van der Waals surface area contributed by atoms with Crippen molar-refractivity contribution in [3.05, 3.63) is 97.9 Å². The zero-order chi connectivity index (χ0) is 25.1. The largest absolute Gasteiger partial charge is 0.493 e. The summed E-state index contributed by atoms with van der Waals surface area (Å²) in [7, 11) is 1.41. The predicted molar refractivity (Wildman–Crippen MR) is 137 cm³/mol. The monoisotopic (exact) mass is 527 g/mol. The molecule has 3 aromatic carbocycles. The van der Waals surface area contributed by atoms with Gasteiger partial charge in [0.05, 0.1) is 29.1 Å². The predicted octanol–water partition coefficient (Wildman–Crippen LogP) is 6.77. The van der Waals surface area contributed by atoms with Crippen LogP contribution >= 0.6 is 35.0 Å². The fraction of sp³-hybridized carbons (Fsp3) is 0.115. The Bertz CT molecular complexity index is 1350. The molecule has 1 fully saturated rings. The minimum absolute atomic E-state index is 0.0406. The maximum absolute atomic E-state index is 12.9. The number of esters is 1. The van der Waals surface area contributed by atoms with Crippen molar-refractivity contribution < 1.29 is 23.9 Å². The molecule has 1 saturated heterocycles. The molecule has 178 valence electrons. The number of amides is 2. The Morgan fingerprint density at radius 1 is 1.06 bits per heavy atom. The van der Waals surface area contributed by atoms with Gasteiger partial charge in [-0.25, -0.2) is 4.79 Å². The van der Waals surface area contributed by atoms with Crippen molar-refractivity contribution >= 4 is 58.2 Å². The molecule has 1 aliphatic rings. The molecule has 6 nitrogen and oxygen atoms in total. The standard InChI is InChI=1S/C26H19Cl2NO5S/c1-15-4-3-5-16(10-15)14-29-24(30)22(35-26(29)32)13-17-11-20(28)23(21(12-17)33-2)34-25(31)18-6-8-19(27)9-7-18/h3-13H,14H2,1-2H3/b22-13-. The third-order valence-corrected chi connectivity index (χ3v) is 6.56. The van der Waals surface area contributed by atoms with Crippen molar-refractivity contribution in [3.8, 4) is 11.5 Å². The summed E-state index contributed by atoms with van der Waals surface area (Å²) >= 11 is 13.1. The first-order chi connectivity index (χ1) is 16.7. The first-order valence-electron chi connectivity index (χ1n) is 10.4. The number of aryl methyl sites for hydroxylation is 1. The maximum atomic E-state index is 12.9. The van der Waals surface area contributed by atoms with Gasteiger partial charge in [0.25, 0.3) is 11.1 Å². The summed E-state index contributed by atoms with van der Waals surface area (Å²) in [6.45, 7) is 2.14. The van der Waals surface area contributed by atoms with Crippen LogP contribution in [0.25, 0.3) is 6.08 Å². The van der Waals surface area contributed by atoms with Gasteiger partial charge in [-0.1, -0.05) is 53.0 Å². The van der Waals surface area contributed by atoms with Crippen molar-refractivity contribution in [3.63, 3.8) is 0 Å². The molecule has 0 radical (unpaired) electrons. The van der Waals surface area contributed by atoms with E-state index >= 15 is 0 Å². The van der Waals surface area contributed by atoms with E-state index in [-0.39, 0.29) is 33.2 Å². The molecular formula is C26H19Cl2NO5S. The lowest BCUT2D eigenvalue weighted by Gasteiger charge is -2.13. The van der Waals surface area contributed by atoms with Gasteiger partial charge in [-0.15, -0.1) is 0 Å². The van der Waals surface area contributed by atoms with E-state index in [1.165, 1.54) is 30.2 Å². The van der Waals surface area contributed by atoms with Crippen LogP contribution in [0.15, 0.2) is 65.6 Å². The smallest absolute Gasteiger partial charge is 0.343 e. The van der Waals surface area contributed by atoms with Crippen LogP contribution in [0.3, 0.4) is 0 Å². The lowest BCUT2D eigenvalue weighted by molar-refractivity contribution is -0.123. The molecule has 0 N–H and O–H groups in total. The van der Waals surface area contributed by atoms with E-state index in [0.717, 1.165) is 22.9 Å². The molecule has 1 aliphatic heterocycles. The van der Waals surface area contributed by atoms with Crippen LogP contribution < -0.4 is 9.47 Å². The second kappa shape index (κ2) is 10.6. The second-order valence-corrected chi connectivity index (χ2v) is 9.52. The Hall–Kier alpha value is -3.26. The van der Waals surface area contributed by atoms with Crippen LogP contribution in [0.4, 0.5) is 4.79 Å². The maximum Gasteiger partial charge on any atom is 0.343 e. The molecule has 0 saturated carbocycles. The van der Waals surface area contributed by atoms with Gasteiger partial charge >= 0.3 is 5.97 Å². The zero-order valence-corrected chi connectivity index (χ0v) is 21.0. The van der Waals surface area contributed by atoms with Crippen LogP contribution in [-0.4, -0.2) is 29.1 Å². The van der Waals surface area contributed by atoms with Gasteiger partial charge in [0.2, 0.25) is 0 Å². The highest BCUT2D eigenvalue weighted by molar-refractivity contribution is 8.18. The van der Waals surface area contributed by atoms with Crippen LogP contribution in [-0.2, 0) is 11.3 Å². The first-order valence-corrected chi connectivity index (χ1v) is 12.0. The SMILES string of the molecule is COc1cc(/C=C2\SC(=O)N(Cc3cccc(C)c3)C2=O)cc(Cl)c1OC(=O)c1ccc(Cl)cc1. The van der Waals surface area contributed by atoms with Crippen molar-refractivity contribution in [1.82, 2.24) is 4.90 Å².